The molecule has 0 atom stereocenters. The summed E-state index contributed by atoms with van der Waals surface area (Å²) in [7, 11) is 0. The topological polar surface area (TPSA) is 40.5 Å². The summed E-state index contributed by atoms with van der Waals surface area (Å²) in [6.07, 6.45) is 0. The Morgan fingerprint density at radius 1 is 1.10 bits per heavy atom. The van der Waals surface area contributed by atoms with Crippen LogP contribution in [0.15, 0.2) is 42.5 Å². The summed E-state index contributed by atoms with van der Waals surface area (Å²) >= 11 is 0. The quantitative estimate of drug-likeness (QED) is 0.932. The minimum Gasteiger partial charge on any atom is -0.478 e. The normalized spacial score (nSPS) is 14.2. The van der Waals surface area contributed by atoms with Crippen LogP contribution in [-0.4, -0.2) is 16.0 Å². The van der Waals surface area contributed by atoms with Crippen molar-refractivity contribution in [1.82, 2.24) is 4.90 Å². The number of benzene rings is 2. The maximum Gasteiger partial charge on any atom is 0.335 e. The molecule has 3 rings (SSSR count). The van der Waals surface area contributed by atoms with E-state index in [0.717, 1.165) is 36.3 Å². The third kappa shape index (κ3) is 2.56. The molecule has 1 heterocycles. The lowest BCUT2D eigenvalue weighted by atomic mass is 10.1. The van der Waals surface area contributed by atoms with Crippen molar-refractivity contribution in [3.05, 3.63) is 70.5 Å². The van der Waals surface area contributed by atoms with Crippen LogP contribution < -0.4 is 0 Å². The number of hydrogen-bond donors (Lipinski definition) is 1. The molecule has 102 valence electrons. The largest absolute Gasteiger partial charge is 0.478 e. The van der Waals surface area contributed by atoms with E-state index < -0.39 is 5.97 Å². The highest BCUT2D eigenvalue weighted by Gasteiger charge is 2.20. The first-order chi connectivity index (χ1) is 9.61. The highest BCUT2D eigenvalue weighted by atomic mass is 19.1. The van der Waals surface area contributed by atoms with Gasteiger partial charge in [-0.1, -0.05) is 18.2 Å². The van der Waals surface area contributed by atoms with Crippen LogP contribution in [0.25, 0.3) is 0 Å². The van der Waals surface area contributed by atoms with Crippen LogP contribution >= 0.6 is 0 Å². The first-order valence-electron chi connectivity index (χ1n) is 6.44. The molecule has 20 heavy (non-hydrogen) atoms. The molecule has 0 amide bonds. The lowest BCUT2D eigenvalue weighted by Crippen LogP contribution is -2.15. The number of carboxylic acid groups (broad SMARTS) is 1. The zero-order valence-electron chi connectivity index (χ0n) is 10.8. The molecular formula is C16H14FNO2. The van der Waals surface area contributed by atoms with Gasteiger partial charge in [-0.25, -0.2) is 9.18 Å². The molecule has 1 aliphatic rings. The van der Waals surface area contributed by atoms with Crippen molar-refractivity contribution in [3.8, 4) is 0 Å². The molecular weight excluding hydrogens is 257 g/mol. The molecule has 4 heteroatoms. The standard InChI is InChI=1S/C16H14FNO2/c17-15-5-1-11(2-6-15)8-18-9-13-4-3-12(16(19)20)7-14(13)10-18/h1-7H,8-10H2,(H,19,20). The van der Waals surface area contributed by atoms with E-state index in [9.17, 15) is 9.18 Å². The Bertz CT molecular complexity index is 652. The smallest absolute Gasteiger partial charge is 0.335 e. The van der Waals surface area contributed by atoms with Gasteiger partial charge in [0.1, 0.15) is 5.82 Å². The summed E-state index contributed by atoms with van der Waals surface area (Å²) in [4.78, 5) is 13.2. The summed E-state index contributed by atoms with van der Waals surface area (Å²) in [6.45, 7) is 2.26. The van der Waals surface area contributed by atoms with Crippen LogP contribution in [-0.2, 0) is 19.6 Å². The maximum atomic E-state index is 12.9. The first-order valence-corrected chi connectivity index (χ1v) is 6.44. The van der Waals surface area contributed by atoms with Crippen LogP contribution in [0.1, 0.15) is 27.0 Å². The fourth-order valence-corrected chi connectivity index (χ4v) is 2.56. The van der Waals surface area contributed by atoms with Gasteiger partial charge < -0.3 is 5.11 Å². The molecule has 2 aromatic rings. The Balaban J connectivity index is 1.73. The van der Waals surface area contributed by atoms with Crippen molar-refractivity contribution in [2.24, 2.45) is 0 Å². The predicted octanol–water partition coefficient (Wildman–Crippen LogP) is 3.04. The highest BCUT2D eigenvalue weighted by Crippen LogP contribution is 2.25. The monoisotopic (exact) mass is 271 g/mol. The van der Waals surface area contributed by atoms with Crippen molar-refractivity contribution in [2.45, 2.75) is 19.6 Å². The predicted molar refractivity (Wildman–Crippen MR) is 72.8 cm³/mol. The number of fused-ring (bicyclic) bond motifs is 1. The lowest BCUT2D eigenvalue weighted by molar-refractivity contribution is 0.0696. The minimum atomic E-state index is -0.898. The van der Waals surface area contributed by atoms with Crippen LogP contribution in [0.3, 0.4) is 0 Å². The third-order valence-corrected chi connectivity index (χ3v) is 3.56. The maximum absolute atomic E-state index is 12.9. The molecule has 1 aliphatic heterocycles. The van der Waals surface area contributed by atoms with Gasteiger partial charge in [0.25, 0.3) is 0 Å². The van der Waals surface area contributed by atoms with E-state index >= 15 is 0 Å². The van der Waals surface area contributed by atoms with Crippen LogP contribution in [0.4, 0.5) is 4.39 Å². The Morgan fingerprint density at radius 2 is 1.80 bits per heavy atom. The van der Waals surface area contributed by atoms with E-state index in [4.69, 9.17) is 5.11 Å². The van der Waals surface area contributed by atoms with E-state index in [1.807, 2.05) is 6.07 Å². The number of carboxylic acids is 1. The molecule has 0 radical (unpaired) electrons. The van der Waals surface area contributed by atoms with Crippen molar-refractivity contribution < 1.29 is 14.3 Å². The number of hydrogen-bond acceptors (Lipinski definition) is 2. The van der Waals surface area contributed by atoms with Crippen molar-refractivity contribution >= 4 is 5.97 Å². The lowest BCUT2D eigenvalue weighted by Gasteiger charge is -2.14. The molecule has 0 saturated heterocycles. The van der Waals surface area contributed by atoms with Gasteiger partial charge in [0, 0.05) is 19.6 Å². The van der Waals surface area contributed by atoms with Crippen LogP contribution in [0.5, 0.6) is 0 Å². The van der Waals surface area contributed by atoms with E-state index in [1.54, 1.807) is 24.3 Å². The SMILES string of the molecule is O=C(O)c1ccc2c(c1)CN(Cc1ccc(F)cc1)C2. The number of halogens is 1. The second-order valence-electron chi connectivity index (χ2n) is 5.06. The molecule has 1 N–H and O–H groups in total. The Kier molecular flexibility index (Phi) is 3.24. The minimum absolute atomic E-state index is 0.232. The van der Waals surface area contributed by atoms with Crippen molar-refractivity contribution in [3.63, 3.8) is 0 Å². The van der Waals surface area contributed by atoms with Gasteiger partial charge in [0.2, 0.25) is 0 Å². The van der Waals surface area contributed by atoms with Gasteiger partial charge in [0.05, 0.1) is 5.56 Å². The number of carbonyl (C=O) groups is 1. The van der Waals surface area contributed by atoms with E-state index in [-0.39, 0.29) is 5.82 Å². The molecule has 3 nitrogen and oxygen atoms in total. The summed E-state index contributed by atoms with van der Waals surface area (Å²) in [5, 5.41) is 8.99. The van der Waals surface area contributed by atoms with Gasteiger partial charge in [-0.05, 0) is 41.0 Å². The zero-order chi connectivity index (χ0) is 14.1. The van der Waals surface area contributed by atoms with E-state index in [2.05, 4.69) is 4.90 Å². The van der Waals surface area contributed by atoms with Gasteiger partial charge >= 0.3 is 5.97 Å². The molecule has 0 fully saturated rings. The second-order valence-corrected chi connectivity index (χ2v) is 5.06. The highest BCUT2D eigenvalue weighted by molar-refractivity contribution is 5.87. The average Bonchev–Trinajstić information content (AvgIpc) is 2.82. The molecule has 0 spiro atoms. The van der Waals surface area contributed by atoms with E-state index in [1.165, 1.54) is 12.1 Å². The summed E-state index contributed by atoms with van der Waals surface area (Å²) in [6, 6.07) is 11.7. The van der Waals surface area contributed by atoms with E-state index in [0.29, 0.717) is 5.56 Å². The first kappa shape index (κ1) is 12.8. The molecule has 0 unspecified atom stereocenters. The Labute approximate surface area is 116 Å². The Hall–Kier alpha value is -2.20. The molecule has 0 saturated carbocycles. The van der Waals surface area contributed by atoms with Gasteiger partial charge in [-0.15, -0.1) is 0 Å². The fourth-order valence-electron chi connectivity index (χ4n) is 2.56. The van der Waals surface area contributed by atoms with Crippen LogP contribution in [0.2, 0.25) is 0 Å². The molecule has 0 aromatic heterocycles. The summed E-state index contributed by atoms with van der Waals surface area (Å²) < 4.78 is 12.9. The molecule has 0 aliphatic carbocycles. The van der Waals surface area contributed by atoms with Crippen LogP contribution in [0, 0.1) is 5.82 Å². The van der Waals surface area contributed by atoms with Gasteiger partial charge in [0.15, 0.2) is 0 Å². The summed E-state index contributed by atoms with van der Waals surface area (Å²) in [5.74, 6) is -1.13. The number of nitrogens with zero attached hydrogens (tertiary/aromatic N) is 1. The number of aromatic carboxylic acids is 1. The zero-order valence-corrected chi connectivity index (χ0v) is 10.8. The second kappa shape index (κ2) is 5.06. The summed E-state index contributed by atoms with van der Waals surface area (Å²) in [5.41, 5.74) is 3.61. The average molecular weight is 271 g/mol. The molecule has 0 bridgehead atoms. The molecule has 2 aromatic carbocycles. The van der Waals surface area contributed by atoms with Gasteiger partial charge in [-0.3, -0.25) is 4.90 Å². The number of rotatable bonds is 3. The van der Waals surface area contributed by atoms with Gasteiger partial charge in [-0.2, -0.15) is 0 Å². The Morgan fingerprint density at radius 3 is 2.50 bits per heavy atom. The van der Waals surface area contributed by atoms with Crippen molar-refractivity contribution in [1.29, 1.82) is 0 Å². The third-order valence-electron chi connectivity index (χ3n) is 3.56. The fraction of sp³-hybridized carbons (Fsp3) is 0.188. The van der Waals surface area contributed by atoms with Crippen molar-refractivity contribution in [2.75, 3.05) is 0 Å².